The number of carbonyl (C=O) groups is 1. The van der Waals surface area contributed by atoms with Gasteiger partial charge in [0.15, 0.2) is 0 Å². The van der Waals surface area contributed by atoms with Crippen LogP contribution in [0.1, 0.15) is 33.8 Å². The summed E-state index contributed by atoms with van der Waals surface area (Å²) in [4.78, 5) is 20.7. The Morgan fingerprint density at radius 1 is 1.23 bits per heavy atom. The van der Waals surface area contributed by atoms with Crippen LogP contribution in [0.3, 0.4) is 0 Å². The van der Waals surface area contributed by atoms with Gasteiger partial charge in [0.1, 0.15) is 4.83 Å². The van der Waals surface area contributed by atoms with Crippen LogP contribution in [0.5, 0.6) is 5.88 Å². The maximum absolute atomic E-state index is 12.9. The Hall–Kier alpha value is -2.39. The van der Waals surface area contributed by atoms with E-state index in [0.717, 1.165) is 15.9 Å². The minimum atomic E-state index is -4.09. The van der Waals surface area contributed by atoms with Gasteiger partial charge in [-0.2, -0.15) is 13.2 Å². The van der Waals surface area contributed by atoms with Gasteiger partial charge < -0.3 is 14.2 Å². The van der Waals surface area contributed by atoms with Gasteiger partial charge in [-0.15, -0.1) is 11.3 Å². The molecule has 166 valence electrons. The van der Waals surface area contributed by atoms with E-state index in [4.69, 9.17) is 4.74 Å². The van der Waals surface area contributed by atoms with E-state index in [1.165, 1.54) is 24.6 Å². The zero-order valence-corrected chi connectivity index (χ0v) is 18.2. The third-order valence-electron chi connectivity index (χ3n) is 5.90. The van der Waals surface area contributed by atoms with Crippen molar-refractivity contribution in [3.8, 4) is 5.88 Å². The summed E-state index contributed by atoms with van der Waals surface area (Å²) in [5.41, 5.74) is 1.58. The number of nitrogens with zero attached hydrogens (tertiary/aromatic N) is 3. The zero-order chi connectivity index (χ0) is 22.2. The first kappa shape index (κ1) is 21.8. The van der Waals surface area contributed by atoms with Crippen LogP contribution >= 0.6 is 11.3 Å². The fourth-order valence-corrected chi connectivity index (χ4v) is 5.25. The van der Waals surface area contributed by atoms with Gasteiger partial charge in [0.05, 0.1) is 17.9 Å². The fraction of sp³-hybridized carbons (Fsp3) is 0.455. The smallest absolute Gasteiger partial charge is 0.391 e. The maximum Gasteiger partial charge on any atom is 0.391 e. The van der Waals surface area contributed by atoms with Gasteiger partial charge in [-0.05, 0) is 51.1 Å². The van der Waals surface area contributed by atoms with E-state index in [9.17, 15) is 18.0 Å². The Kier molecular flexibility index (Phi) is 6.07. The van der Waals surface area contributed by atoms with E-state index in [0.29, 0.717) is 42.5 Å². The zero-order valence-electron chi connectivity index (χ0n) is 17.4. The maximum atomic E-state index is 12.9. The van der Waals surface area contributed by atoms with Crippen LogP contribution < -0.4 is 4.74 Å². The SMILES string of the molecule is COc1ccc(C(=O)c2cc3cc(C)n(CCN4CCC(C(F)(F)F)CC4)c3s2)cn1. The Morgan fingerprint density at radius 2 is 1.97 bits per heavy atom. The molecule has 4 heterocycles. The van der Waals surface area contributed by atoms with E-state index in [1.807, 2.05) is 19.1 Å². The van der Waals surface area contributed by atoms with E-state index < -0.39 is 12.1 Å². The Labute approximate surface area is 182 Å². The number of ketones is 1. The number of halogens is 3. The highest BCUT2D eigenvalue weighted by Gasteiger charge is 2.40. The van der Waals surface area contributed by atoms with Crippen LogP contribution in [0.25, 0.3) is 10.2 Å². The van der Waals surface area contributed by atoms with Gasteiger partial charge >= 0.3 is 6.18 Å². The van der Waals surface area contributed by atoms with Crippen molar-refractivity contribution < 1.29 is 22.7 Å². The number of aromatic nitrogens is 2. The predicted octanol–water partition coefficient (Wildman–Crippen LogP) is 4.92. The van der Waals surface area contributed by atoms with E-state index >= 15 is 0 Å². The number of carbonyl (C=O) groups excluding carboxylic acids is 1. The summed E-state index contributed by atoms with van der Waals surface area (Å²) in [7, 11) is 1.52. The molecule has 0 aliphatic carbocycles. The van der Waals surface area contributed by atoms with Crippen molar-refractivity contribution >= 4 is 27.3 Å². The number of ether oxygens (including phenoxy) is 1. The molecule has 0 spiro atoms. The summed E-state index contributed by atoms with van der Waals surface area (Å²) in [6.07, 6.45) is -2.25. The minimum Gasteiger partial charge on any atom is -0.481 e. The lowest BCUT2D eigenvalue weighted by Crippen LogP contribution is -2.40. The summed E-state index contributed by atoms with van der Waals surface area (Å²) in [5, 5.41) is 1.00. The van der Waals surface area contributed by atoms with Gasteiger partial charge in [-0.3, -0.25) is 4.79 Å². The number of hydrogen-bond donors (Lipinski definition) is 0. The number of pyridine rings is 1. The molecule has 0 bridgehead atoms. The largest absolute Gasteiger partial charge is 0.481 e. The third-order valence-corrected chi connectivity index (χ3v) is 7.07. The Balaban J connectivity index is 1.45. The van der Waals surface area contributed by atoms with Crippen molar-refractivity contribution in [2.24, 2.45) is 5.92 Å². The van der Waals surface area contributed by atoms with Crippen LogP contribution in [0.15, 0.2) is 30.5 Å². The highest BCUT2D eigenvalue weighted by atomic mass is 32.1. The van der Waals surface area contributed by atoms with Crippen LogP contribution in [-0.4, -0.2) is 53.2 Å². The molecule has 1 aliphatic heterocycles. The predicted molar refractivity (Wildman–Crippen MR) is 114 cm³/mol. The van der Waals surface area contributed by atoms with Gasteiger partial charge in [0.2, 0.25) is 11.7 Å². The fourth-order valence-electron chi connectivity index (χ4n) is 4.07. The van der Waals surface area contributed by atoms with E-state index in [-0.39, 0.29) is 18.6 Å². The average Bonchev–Trinajstić information content (AvgIpc) is 3.28. The molecule has 0 saturated carbocycles. The molecule has 1 saturated heterocycles. The first-order valence-corrected chi connectivity index (χ1v) is 11.0. The number of aryl methyl sites for hydroxylation is 1. The quantitative estimate of drug-likeness (QED) is 0.499. The second-order valence-electron chi connectivity index (χ2n) is 7.88. The number of piperidine rings is 1. The lowest BCUT2D eigenvalue weighted by molar-refractivity contribution is -0.185. The highest BCUT2D eigenvalue weighted by molar-refractivity contribution is 7.20. The Bertz CT molecular complexity index is 1060. The van der Waals surface area contributed by atoms with Crippen molar-refractivity contribution in [2.45, 2.75) is 32.5 Å². The number of alkyl halides is 3. The normalized spacial score (nSPS) is 16.2. The molecule has 0 unspecified atom stereocenters. The van der Waals surface area contributed by atoms with E-state index in [1.54, 1.807) is 12.1 Å². The lowest BCUT2D eigenvalue weighted by atomic mass is 9.96. The molecule has 0 atom stereocenters. The molecule has 3 aromatic rings. The second-order valence-corrected chi connectivity index (χ2v) is 8.92. The molecule has 31 heavy (non-hydrogen) atoms. The van der Waals surface area contributed by atoms with Crippen molar-refractivity contribution in [1.82, 2.24) is 14.5 Å². The molecule has 0 N–H and O–H groups in total. The standard InChI is InChI=1S/C22H24F3N3O2S/c1-14-11-16-12-18(20(29)15-3-4-19(30-2)26-13-15)31-21(16)28(14)10-9-27-7-5-17(6-8-27)22(23,24)25/h3-4,11-13,17H,5-10H2,1-2H3. The molecule has 1 fully saturated rings. The topological polar surface area (TPSA) is 47.4 Å². The summed E-state index contributed by atoms with van der Waals surface area (Å²) >= 11 is 1.44. The monoisotopic (exact) mass is 451 g/mol. The summed E-state index contributed by atoms with van der Waals surface area (Å²) in [6.45, 7) is 4.32. The van der Waals surface area contributed by atoms with Crippen molar-refractivity contribution in [3.05, 3.63) is 46.6 Å². The Morgan fingerprint density at radius 3 is 2.58 bits per heavy atom. The minimum absolute atomic E-state index is 0.0882. The van der Waals surface area contributed by atoms with Crippen LogP contribution in [0, 0.1) is 12.8 Å². The van der Waals surface area contributed by atoms with Gasteiger partial charge in [-0.1, -0.05) is 0 Å². The average molecular weight is 452 g/mol. The van der Waals surface area contributed by atoms with Gasteiger partial charge in [0.25, 0.3) is 0 Å². The van der Waals surface area contributed by atoms with Crippen molar-refractivity contribution in [2.75, 3.05) is 26.7 Å². The molecule has 0 amide bonds. The van der Waals surface area contributed by atoms with Crippen LogP contribution in [0.2, 0.25) is 0 Å². The number of likely N-dealkylation sites (tertiary alicyclic amines) is 1. The first-order valence-electron chi connectivity index (χ1n) is 10.2. The molecule has 5 nitrogen and oxygen atoms in total. The molecule has 9 heteroatoms. The van der Waals surface area contributed by atoms with Crippen LogP contribution in [0.4, 0.5) is 13.2 Å². The number of thiophene rings is 1. The molecule has 4 rings (SSSR count). The van der Waals surface area contributed by atoms with Gasteiger partial charge in [-0.25, -0.2) is 4.98 Å². The first-order chi connectivity index (χ1) is 14.8. The number of methoxy groups -OCH3 is 1. The third kappa shape index (κ3) is 4.62. The number of hydrogen-bond acceptors (Lipinski definition) is 5. The van der Waals surface area contributed by atoms with Crippen molar-refractivity contribution in [3.63, 3.8) is 0 Å². The second kappa shape index (κ2) is 8.63. The van der Waals surface area contributed by atoms with Gasteiger partial charge in [0, 0.05) is 42.0 Å². The summed E-state index contributed by atoms with van der Waals surface area (Å²) in [6, 6.07) is 7.30. The summed E-state index contributed by atoms with van der Waals surface area (Å²) in [5.74, 6) is -0.814. The molecule has 0 aromatic carbocycles. The molecular weight excluding hydrogens is 427 g/mol. The lowest BCUT2D eigenvalue weighted by Gasteiger charge is -2.33. The number of fused-ring (bicyclic) bond motifs is 1. The molecule has 1 aliphatic rings. The molecule has 3 aromatic heterocycles. The number of rotatable bonds is 6. The summed E-state index contributed by atoms with van der Waals surface area (Å²) < 4.78 is 45.8. The molecular formula is C22H24F3N3O2S. The molecule has 0 radical (unpaired) electrons. The van der Waals surface area contributed by atoms with Crippen LogP contribution in [-0.2, 0) is 6.54 Å². The van der Waals surface area contributed by atoms with E-state index in [2.05, 4.69) is 14.5 Å². The van der Waals surface area contributed by atoms with Crippen molar-refractivity contribution in [1.29, 1.82) is 0 Å². The highest BCUT2D eigenvalue weighted by Crippen LogP contribution is 2.34.